The molecular formula is C29H34O5. The van der Waals surface area contributed by atoms with Crippen molar-refractivity contribution >= 4 is 17.3 Å². The number of hydrogen-bond donors (Lipinski definition) is 1. The van der Waals surface area contributed by atoms with Crippen LogP contribution in [0.5, 0.6) is 0 Å². The molecule has 1 saturated heterocycles. The molecule has 1 spiro atoms. The Hall–Kier alpha value is -2.79. The van der Waals surface area contributed by atoms with Crippen molar-refractivity contribution in [3.05, 3.63) is 72.5 Å². The third-order valence-electron chi connectivity index (χ3n) is 8.56. The minimum atomic E-state index is -1.44. The molecule has 4 rings (SSSR count). The molecule has 1 heterocycles. The summed E-state index contributed by atoms with van der Waals surface area (Å²) in [6.45, 7) is 14.9. The largest absolute Gasteiger partial charge is 0.490 e. The van der Waals surface area contributed by atoms with Crippen LogP contribution in [0.2, 0.25) is 0 Å². The van der Waals surface area contributed by atoms with Gasteiger partial charge < -0.3 is 9.84 Å². The van der Waals surface area contributed by atoms with E-state index in [1.807, 2.05) is 19.9 Å². The minimum Gasteiger partial charge on any atom is -0.490 e. The van der Waals surface area contributed by atoms with Crippen LogP contribution in [-0.4, -0.2) is 34.2 Å². The lowest BCUT2D eigenvalue weighted by Crippen LogP contribution is -2.66. The van der Waals surface area contributed by atoms with Crippen molar-refractivity contribution in [2.75, 3.05) is 0 Å². The SMILES string of the molecule is C=CC[C@H]1C[C@]23C[C@@H](C(C)(C)O)OC2=C(C(=O)c2ccccc2)C(=O)[C@](CC=C)(C3=O)C1(C)C. The first-order valence-corrected chi connectivity index (χ1v) is 11.9. The Labute approximate surface area is 201 Å². The van der Waals surface area contributed by atoms with E-state index < -0.39 is 39.5 Å². The predicted molar refractivity (Wildman–Crippen MR) is 130 cm³/mol. The van der Waals surface area contributed by atoms with Gasteiger partial charge in [0.15, 0.2) is 17.3 Å². The van der Waals surface area contributed by atoms with Gasteiger partial charge in [-0.05, 0) is 44.4 Å². The number of benzene rings is 1. The number of aliphatic hydroxyl groups is 1. The van der Waals surface area contributed by atoms with Gasteiger partial charge >= 0.3 is 0 Å². The first-order chi connectivity index (χ1) is 15.9. The quantitative estimate of drug-likeness (QED) is 0.267. The third-order valence-corrected chi connectivity index (χ3v) is 8.56. The number of Topliss-reactive ketones (excluding diaryl/α,β-unsaturated/α-hetero) is 3. The van der Waals surface area contributed by atoms with Gasteiger partial charge in [-0.25, -0.2) is 0 Å². The van der Waals surface area contributed by atoms with Crippen molar-refractivity contribution < 1.29 is 24.2 Å². The maximum absolute atomic E-state index is 14.5. The van der Waals surface area contributed by atoms with Gasteiger partial charge in [-0.3, -0.25) is 14.4 Å². The summed E-state index contributed by atoms with van der Waals surface area (Å²) >= 11 is 0. The van der Waals surface area contributed by atoms with Crippen LogP contribution in [0.3, 0.4) is 0 Å². The second kappa shape index (κ2) is 7.88. The summed E-state index contributed by atoms with van der Waals surface area (Å²) in [5.41, 5.74) is -4.28. The van der Waals surface area contributed by atoms with Gasteiger partial charge in [0.05, 0.1) is 11.0 Å². The monoisotopic (exact) mass is 462 g/mol. The molecule has 2 aliphatic carbocycles. The van der Waals surface area contributed by atoms with E-state index >= 15 is 0 Å². The molecule has 0 aromatic heterocycles. The Morgan fingerprint density at radius 2 is 1.79 bits per heavy atom. The van der Waals surface area contributed by atoms with Crippen molar-refractivity contribution in [1.29, 1.82) is 0 Å². The second-order valence-electron chi connectivity index (χ2n) is 11.1. The second-order valence-corrected chi connectivity index (χ2v) is 11.1. The maximum Gasteiger partial charge on any atom is 0.200 e. The number of ether oxygens (including phenoxy) is 1. The lowest BCUT2D eigenvalue weighted by Gasteiger charge is -2.59. The molecule has 1 saturated carbocycles. The fourth-order valence-corrected chi connectivity index (χ4v) is 6.48. The highest BCUT2D eigenvalue weighted by Gasteiger charge is 2.75. The molecule has 0 unspecified atom stereocenters. The summed E-state index contributed by atoms with van der Waals surface area (Å²) in [6.07, 6.45) is 4.14. The highest BCUT2D eigenvalue weighted by atomic mass is 16.5. The fourth-order valence-electron chi connectivity index (χ4n) is 6.48. The van der Waals surface area contributed by atoms with Gasteiger partial charge in [0.1, 0.15) is 22.9 Å². The van der Waals surface area contributed by atoms with E-state index in [1.54, 1.807) is 50.3 Å². The van der Waals surface area contributed by atoms with Crippen LogP contribution in [-0.2, 0) is 14.3 Å². The molecular weight excluding hydrogens is 428 g/mol. The van der Waals surface area contributed by atoms with E-state index in [1.165, 1.54) is 0 Å². The van der Waals surface area contributed by atoms with Crippen molar-refractivity contribution in [2.45, 2.75) is 65.1 Å². The zero-order valence-corrected chi connectivity index (χ0v) is 20.5. The van der Waals surface area contributed by atoms with Crippen molar-refractivity contribution in [2.24, 2.45) is 22.2 Å². The number of carbonyl (C=O) groups is 3. The van der Waals surface area contributed by atoms with Crippen LogP contribution < -0.4 is 0 Å². The van der Waals surface area contributed by atoms with Crippen LogP contribution >= 0.6 is 0 Å². The number of ketones is 3. The zero-order valence-electron chi connectivity index (χ0n) is 20.5. The van der Waals surface area contributed by atoms with Crippen LogP contribution in [0, 0.1) is 22.2 Å². The zero-order chi connectivity index (χ0) is 25.1. The smallest absolute Gasteiger partial charge is 0.200 e. The maximum atomic E-state index is 14.5. The van der Waals surface area contributed by atoms with Crippen molar-refractivity contribution in [3.63, 3.8) is 0 Å². The van der Waals surface area contributed by atoms with E-state index in [-0.39, 0.29) is 35.9 Å². The van der Waals surface area contributed by atoms with Gasteiger partial charge in [0, 0.05) is 12.0 Å². The lowest BCUT2D eigenvalue weighted by atomic mass is 9.40. The highest BCUT2D eigenvalue weighted by molar-refractivity contribution is 6.35. The third kappa shape index (κ3) is 3.06. The number of rotatable bonds is 7. The molecule has 5 nitrogen and oxygen atoms in total. The molecule has 1 aliphatic heterocycles. The fraction of sp³-hybridized carbons (Fsp3) is 0.483. The van der Waals surface area contributed by atoms with E-state index in [4.69, 9.17) is 4.74 Å². The number of allylic oxidation sites excluding steroid dienone is 4. The van der Waals surface area contributed by atoms with E-state index in [0.29, 0.717) is 18.4 Å². The van der Waals surface area contributed by atoms with Crippen LogP contribution in [0.1, 0.15) is 63.7 Å². The Kier molecular flexibility index (Phi) is 5.64. The first kappa shape index (κ1) is 24.3. The number of hydrogen-bond acceptors (Lipinski definition) is 5. The Balaban J connectivity index is 2.06. The molecule has 180 valence electrons. The van der Waals surface area contributed by atoms with Crippen LogP contribution in [0.15, 0.2) is 67.0 Å². The molecule has 2 fully saturated rings. The first-order valence-electron chi connectivity index (χ1n) is 11.9. The van der Waals surface area contributed by atoms with E-state index in [2.05, 4.69) is 13.2 Å². The molecule has 2 bridgehead atoms. The molecule has 0 radical (unpaired) electrons. The van der Waals surface area contributed by atoms with Crippen LogP contribution in [0.25, 0.3) is 0 Å². The molecule has 1 aromatic rings. The summed E-state index contributed by atoms with van der Waals surface area (Å²) in [4.78, 5) is 42.7. The average Bonchev–Trinajstić information content (AvgIpc) is 3.16. The number of carbonyl (C=O) groups excluding carboxylic acids is 3. The number of fused-ring (bicyclic) bond motifs is 1. The van der Waals surface area contributed by atoms with Gasteiger partial charge in [-0.15, -0.1) is 13.2 Å². The normalized spacial score (nSPS) is 32.1. The molecule has 3 aliphatic rings. The standard InChI is InChI=1S/C29H34O5/c1-7-12-19-16-28-17-20(27(5,6)33)34-24(28)21(22(30)18-13-10-9-11-14-18)23(31)29(15-8-2,25(28)32)26(19,3)4/h7-11,13-14,19-20,33H,1-2,12,15-17H2,3-6H3/t19-,20-,28-,29+/m0/s1. The summed E-state index contributed by atoms with van der Waals surface area (Å²) in [5.74, 6) is -1.04. The topological polar surface area (TPSA) is 80.7 Å². The van der Waals surface area contributed by atoms with Gasteiger partial charge in [0.2, 0.25) is 0 Å². The average molecular weight is 463 g/mol. The molecule has 1 aromatic carbocycles. The molecule has 1 N–H and O–H groups in total. The Morgan fingerprint density at radius 1 is 1.15 bits per heavy atom. The summed E-state index contributed by atoms with van der Waals surface area (Å²) in [6, 6.07) is 8.61. The lowest BCUT2D eigenvalue weighted by molar-refractivity contribution is -0.169. The highest BCUT2D eigenvalue weighted by Crippen LogP contribution is 2.69. The van der Waals surface area contributed by atoms with E-state index in [9.17, 15) is 19.5 Å². The molecule has 34 heavy (non-hydrogen) atoms. The van der Waals surface area contributed by atoms with E-state index in [0.717, 1.165) is 0 Å². The molecule has 4 atom stereocenters. The molecule has 5 heteroatoms. The summed E-state index contributed by atoms with van der Waals surface area (Å²) < 4.78 is 6.24. The van der Waals surface area contributed by atoms with Gasteiger partial charge in [0.25, 0.3) is 0 Å². The predicted octanol–water partition coefficient (Wildman–Crippen LogP) is 5.01. The summed E-state index contributed by atoms with van der Waals surface area (Å²) in [5, 5.41) is 10.8. The Morgan fingerprint density at radius 3 is 2.35 bits per heavy atom. The Bertz CT molecular complexity index is 1100. The van der Waals surface area contributed by atoms with Crippen molar-refractivity contribution in [3.8, 4) is 0 Å². The van der Waals surface area contributed by atoms with Gasteiger partial charge in [-0.2, -0.15) is 0 Å². The molecule has 0 amide bonds. The van der Waals surface area contributed by atoms with Crippen molar-refractivity contribution in [1.82, 2.24) is 0 Å². The van der Waals surface area contributed by atoms with Crippen LogP contribution in [0.4, 0.5) is 0 Å². The summed E-state index contributed by atoms with van der Waals surface area (Å²) in [7, 11) is 0. The minimum absolute atomic E-state index is 0.0425. The van der Waals surface area contributed by atoms with Gasteiger partial charge in [-0.1, -0.05) is 56.3 Å².